The topological polar surface area (TPSA) is 53.5 Å². The molecule has 1 saturated heterocycles. The van der Waals surface area contributed by atoms with Gasteiger partial charge in [-0.3, -0.25) is 9.88 Å². The zero-order chi connectivity index (χ0) is 17.0. The molecule has 2 heterocycles. The molecule has 0 unspecified atom stereocenters. The van der Waals surface area contributed by atoms with Gasteiger partial charge >= 0.3 is 0 Å². The normalized spacial score (nSPS) is 17.5. The third kappa shape index (κ3) is 3.98. The van der Waals surface area contributed by atoms with Crippen molar-refractivity contribution in [2.24, 2.45) is 0 Å². The number of pyridine rings is 1. The first-order valence-electron chi connectivity index (χ1n) is 7.94. The maximum absolute atomic E-state index is 13.0. The summed E-state index contributed by atoms with van der Waals surface area (Å²) in [5.41, 5.74) is 0.979. The van der Waals surface area contributed by atoms with Gasteiger partial charge < -0.3 is 0 Å². The number of sulfonamides is 1. The minimum atomic E-state index is -3.57. The quantitative estimate of drug-likeness (QED) is 0.848. The fourth-order valence-electron chi connectivity index (χ4n) is 2.82. The monoisotopic (exact) mass is 349 g/mol. The zero-order valence-electron chi connectivity index (χ0n) is 13.3. The van der Waals surface area contributed by atoms with Crippen molar-refractivity contribution in [1.82, 2.24) is 14.2 Å². The Hall–Kier alpha value is -1.83. The lowest BCUT2D eigenvalue weighted by atomic mass is 10.3. The highest BCUT2D eigenvalue weighted by Gasteiger charge is 2.26. The second-order valence-electron chi connectivity index (χ2n) is 5.81. The first kappa shape index (κ1) is 17.0. The first-order chi connectivity index (χ1) is 11.6. The molecule has 0 N–H and O–H groups in total. The third-order valence-electron chi connectivity index (χ3n) is 4.11. The minimum Gasteiger partial charge on any atom is -0.296 e. The van der Waals surface area contributed by atoms with Crippen molar-refractivity contribution >= 4 is 10.0 Å². The maximum atomic E-state index is 13.0. The van der Waals surface area contributed by atoms with Crippen molar-refractivity contribution < 1.29 is 12.8 Å². The van der Waals surface area contributed by atoms with Crippen molar-refractivity contribution in [1.29, 1.82) is 0 Å². The standard InChI is InChI=1S/C17H20FN3O2S/c18-15-5-7-17(8-6-15)24(22,23)21-11-3-10-20(12-13-21)14-16-4-1-2-9-19-16/h1-2,4-9H,3,10-14H2. The number of benzene rings is 1. The summed E-state index contributed by atoms with van der Waals surface area (Å²) in [7, 11) is -3.57. The van der Waals surface area contributed by atoms with E-state index in [0.29, 0.717) is 26.2 Å². The summed E-state index contributed by atoms with van der Waals surface area (Å²) in [4.78, 5) is 6.67. The number of nitrogens with zero attached hydrogens (tertiary/aromatic N) is 3. The molecule has 1 fully saturated rings. The molecule has 0 bridgehead atoms. The molecule has 0 radical (unpaired) electrons. The van der Waals surface area contributed by atoms with Crippen LogP contribution >= 0.6 is 0 Å². The predicted octanol–water partition coefficient (Wildman–Crippen LogP) is 2.12. The predicted molar refractivity (Wildman–Crippen MR) is 89.3 cm³/mol. The Morgan fingerprint density at radius 3 is 2.50 bits per heavy atom. The van der Waals surface area contributed by atoms with Crippen LogP contribution in [-0.2, 0) is 16.6 Å². The smallest absolute Gasteiger partial charge is 0.243 e. The van der Waals surface area contributed by atoms with Crippen molar-refractivity contribution in [3.05, 3.63) is 60.2 Å². The van der Waals surface area contributed by atoms with Crippen LogP contribution in [-0.4, -0.2) is 48.8 Å². The fourth-order valence-corrected chi connectivity index (χ4v) is 4.29. The Kier molecular flexibility index (Phi) is 5.23. The van der Waals surface area contributed by atoms with Crippen LogP contribution in [0.15, 0.2) is 53.6 Å². The molecule has 0 aliphatic carbocycles. The van der Waals surface area contributed by atoms with Crippen LogP contribution in [0.25, 0.3) is 0 Å². The van der Waals surface area contributed by atoms with Crippen LogP contribution in [0.4, 0.5) is 4.39 Å². The van der Waals surface area contributed by atoms with Crippen LogP contribution in [0.2, 0.25) is 0 Å². The maximum Gasteiger partial charge on any atom is 0.243 e. The van der Waals surface area contributed by atoms with E-state index in [1.165, 1.54) is 28.6 Å². The summed E-state index contributed by atoms with van der Waals surface area (Å²) >= 11 is 0. The van der Waals surface area contributed by atoms with Gasteiger partial charge in [0.1, 0.15) is 5.82 Å². The zero-order valence-corrected chi connectivity index (χ0v) is 14.1. The van der Waals surface area contributed by atoms with Gasteiger partial charge in [-0.1, -0.05) is 6.07 Å². The summed E-state index contributed by atoms with van der Waals surface area (Å²) in [6.45, 7) is 3.08. The second kappa shape index (κ2) is 7.38. The Morgan fingerprint density at radius 2 is 1.79 bits per heavy atom. The van der Waals surface area contributed by atoms with Crippen LogP contribution in [0.5, 0.6) is 0 Å². The average Bonchev–Trinajstić information content (AvgIpc) is 2.82. The van der Waals surface area contributed by atoms with E-state index < -0.39 is 15.8 Å². The number of hydrogen-bond donors (Lipinski definition) is 0. The van der Waals surface area contributed by atoms with E-state index in [1.54, 1.807) is 6.20 Å². The minimum absolute atomic E-state index is 0.141. The summed E-state index contributed by atoms with van der Waals surface area (Å²) in [5, 5.41) is 0. The molecule has 1 aromatic carbocycles. The molecule has 0 spiro atoms. The van der Waals surface area contributed by atoms with Gasteiger partial charge in [0.05, 0.1) is 10.6 Å². The van der Waals surface area contributed by atoms with E-state index in [1.807, 2.05) is 18.2 Å². The van der Waals surface area contributed by atoms with Crippen LogP contribution in [0.1, 0.15) is 12.1 Å². The molecule has 3 rings (SSSR count). The molecule has 1 aliphatic rings. The summed E-state index contributed by atoms with van der Waals surface area (Å²) < 4.78 is 39.9. The van der Waals surface area contributed by atoms with Crippen molar-refractivity contribution in [2.45, 2.75) is 17.9 Å². The van der Waals surface area contributed by atoms with E-state index in [2.05, 4.69) is 9.88 Å². The molecule has 1 aliphatic heterocycles. The van der Waals surface area contributed by atoms with E-state index in [9.17, 15) is 12.8 Å². The van der Waals surface area contributed by atoms with Gasteiger partial charge in [0, 0.05) is 32.4 Å². The van der Waals surface area contributed by atoms with Gasteiger partial charge in [-0.25, -0.2) is 12.8 Å². The highest BCUT2D eigenvalue weighted by atomic mass is 32.2. The third-order valence-corrected chi connectivity index (χ3v) is 6.02. The molecule has 24 heavy (non-hydrogen) atoms. The van der Waals surface area contributed by atoms with Crippen molar-refractivity contribution in [3.8, 4) is 0 Å². The van der Waals surface area contributed by atoms with Gasteiger partial charge in [-0.05, 0) is 49.4 Å². The molecule has 5 nitrogen and oxygen atoms in total. The van der Waals surface area contributed by atoms with E-state index in [0.717, 1.165) is 18.7 Å². The van der Waals surface area contributed by atoms with Crippen molar-refractivity contribution in [3.63, 3.8) is 0 Å². The Balaban J connectivity index is 1.67. The molecule has 128 valence electrons. The lowest BCUT2D eigenvalue weighted by Gasteiger charge is -2.21. The number of halogens is 1. The number of hydrogen-bond acceptors (Lipinski definition) is 4. The molecule has 0 saturated carbocycles. The number of rotatable bonds is 4. The van der Waals surface area contributed by atoms with Gasteiger partial charge in [-0.2, -0.15) is 4.31 Å². The van der Waals surface area contributed by atoms with Crippen LogP contribution in [0, 0.1) is 5.82 Å². The van der Waals surface area contributed by atoms with E-state index >= 15 is 0 Å². The highest BCUT2D eigenvalue weighted by Crippen LogP contribution is 2.18. The summed E-state index contributed by atoms with van der Waals surface area (Å²) in [6.07, 6.45) is 2.52. The molecule has 1 aromatic heterocycles. The molecule has 0 atom stereocenters. The highest BCUT2D eigenvalue weighted by molar-refractivity contribution is 7.89. The Morgan fingerprint density at radius 1 is 1.00 bits per heavy atom. The van der Waals surface area contributed by atoms with Gasteiger partial charge in [-0.15, -0.1) is 0 Å². The van der Waals surface area contributed by atoms with Crippen LogP contribution < -0.4 is 0 Å². The van der Waals surface area contributed by atoms with Gasteiger partial charge in [0.2, 0.25) is 10.0 Å². The molecular weight excluding hydrogens is 329 g/mol. The first-order valence-corrected chi connectivity index (χ1v) is 9.38. The van der Waals surface area contributed by atoms with Crippen LogP contribution in [0.3, 0.4) is 0 Å². The fraction of sp³-hybridized carbons (Fsp3) is 0.353. The lowest BCUT2D eigenvalue weighted by molar-refractivity contribution is 0.275. The lowest BCUT2D eigenvalue weighted by Crippen LogP contribution is -2.35. The average molecular weight is 349 g/mol. The second-order valence-corrected chi connectivity index (χ2v) is 7.75. The van der Waals surface area contributed by atoms with Gasteiger partial charge in [0.15, 0.2) is 0 Å². The SMILES string of the molecule is O=S(=O)(c1ccc(F)cc1)N1CCCN(Cc2ccccn2)CC1. The molecule has 2 aromatic rings. The molecular formula is C17H20FN3O2S. The number of aromatic nitrogens is 1. The Bertz CT molecular complexity index is 766. The largest absolute Gasteiger partial charge is 0.296 e. The summed E-state index contributed by atoms with van der Waals surface area (Å²) in [5.74, 6) is -0.439. The van der Waals surface area contributed by atoms with Crippen molar-refractivity contribution in [2.75, 3.05) is 26.2 Å². The summed E-state index contributed by atoms with van der Waals surface area (Å²) in [6, 6.07) is 10.8. The van der Waals surface area contributed by atoms with E-state index in [-0.39, 0.29) is 4.90 Å². The van der Waals surface area contributed by atoms with E-state index in [4.69, 9.17) is 0 Å². The van der Waals surface area contributed by atoms with Gasteiger partial charge in [0.25, 0.3) is 0 Å². The Labute approximate surface area is 141 Å². The molecule has 7 heteroatoms. The molecule has 0 amide bonds.